The summed E-state index contributed by atoms with van der Waals surface area (Å²) in [4.78, 5) is 11.4. The van der Waals surface area contributed by atoms with Gasteiger partial charge in [0.2, 0.25) is 5.91 Å². The van der Waals surface area contributed by atoms with Crippen LogP contribution >= 0.6 is 11.6 Å². The number of hydrogen-bond donors (Lipinski definition) is 1. The summed E-state index contributed by atoms with van der Waals surface area (Å²) < 4.78 is 1.77. The van der Waals surface area contributed by atoms with Gasteiger partial charge in [0.25, 0.3) is 0 Å². The summed E-state index contributed by atoms with van der Waals surface area (Å²) in [6.45, 7) is 2.81. The van der Waals surface area contributed by atoms with Crippen LogP contribution in [0.25, 0.3) is 0 Å². The predicted octanol–water partition coefficient (Wildman–Crippen LogP) is 2.25. The van der Waals surface area contributed by atoms with Crippen LogP contribution < -0.4 is 5.32 Å². The summed E-state index contributed by atoms with van der Waals surface area (Å²) in [5.74, 6) is 0.636. The van der Waals surface area contributed by atoms with Crippen LogP contribution in [0.5, 0.6) is 0 Å². The zero-order valence-corrected chi connectivity index (χ0v) is 9.63. The SMILES string of the molecule is CCn1cc(NC(=O)CCCCCl)cn1. The molecule has 0 aliphatic heterocycles. The van der Waals surface area contributed by atoms with Crippen LogP contribution in [0, 0.1) is 0 Å². The molecule has 0 spiro atoms. The number of nitrogens with one attached hydrogen (secondary N) is 1. The molecule has 1 heterocycles. The standard InChI is InChI=1S/C10H16ClN3O/c1-2-14-8-9(7-12-14)13-10(15)5-3-4-6-11/h7-8H,2-6H2,1H3,(H,13,15). The molecular formula is C10H16ClN3O. The van der Waals surface area contributed by atoms with E-state index in [2.05, 4.69) is 10.4 Å². The molecule has 0 aliphatic rings. The fourth-order valence-corrected chi connectivity index (χ4v) is 1.39. The van der Waals surface area contributed by atoms with Crippen LogP contribution in [0.15, 0.2) is 12.4 Å². The zero-order chi connectivity index (χ0) is 11.1. The minimum absolute atomic E-state index is 0.0239. The van der Waals surface area contributed by atoms with Crippen molar-refractivity contribution in [1.82, 2.24) is 9.78 Å². The van der Waals surface area contributed by atoms with E-state index in [1.165, 1.54) is 0 Å². The monoisotopic (exact) mass is 229 g/mol. The molecule has 0 radical (unpaired) electrons. The molecule has 0 saturated heterocycles. The quantitative estimate of drug-likeness (QED) is 0.601. The predicted molar refractivity (Wildman–Crippen MR) is 61.1 cm³/mol. The lowest BCUT2D eigenvalue weighted by Crippen LogP contribution is -2.10. The molecule has 0 unspecified atom stereocenters. The van der Waals surface area contributed by atoms with Crippen molar-refractivity contribution >= 4 is 23.2 Å². The molecule has 0 saturated carbocycles. The van der Waals surface area contributed by atoms with E-state index in [0.29, 0.717) is 12.3 Å². The number of unbranched alkanes of at least 4 members (excludes halogenated alkanes) is 1. The van der Waals surface area contributed by atoms with Crippen molar-refractivity contribution in [2.75, 3.05) is 11.2 Å². The minimum Gasteiger partial charge on any atom is -0.323 e. The maximum atomic E-state index is 11.4. The van der Waals surface area contributed by atoms with Gasteiger partial charge in [-0.05, 0) is 19.8 Å². The lowest BCUT2D eigenvalue weighted by atomic mass is 10.2. The van der Waals surface area contributed by atoms with Gasteiger partial charge in [0.1, 0.15) is 0 Å². The molecule has 15 heavy (non-hydrogen) atoms. The highest BCUT2D eigenvalue weighted by atomic mass is 35.5. The zero-order valence-electron chi connectivity index (χ0n) is 8.87. The largest absolute Gasteiger partial charge is 0.323 e. The van der Waals surface area contributed by atoms with Gasteiger partial charge in [0.15, 0.2) is 0 Å². The van der Waals surface area contributed by atoms with E-state index >= 15 is 0 Å². The fraction of sp³-hybridized carbons (Fsp3) is 0.600. The Hall–Kier alpha value is -1.03. The second-order valence-corrected chi connectivity index (χ2v) is 3.66. The molecular weight excluding hydrogens is 214 g/mol. The Balaban J connectivity index is 2.31. The highest BCUT2D eigenvalue weighted by Crippen LogP contribution is 2.06. The maximum Gasteiger partial charge on any atom is 0.224 e. The van der Waals surface area contributed by atoms with Crippen LogP contribution in [-0.4, -0.2) is 21.6 Å². The Kier molecular flexibility index (Phi) is 5.18. The topological polar surface area (TPSA) is 46.9 Å². The number of aromatic nitrogens is 2. The molecule has 84 valence electrons. The number of aryl methyl sites for hydroxylation is 1. The number of carbonyl (C=O) groups excluding carboxylic acids is 1. The molecule has 1 amide bonds. The van der Waals surface area contributed by atoms with Gasteiger partial charge >= 0.3 is 0 Å². The number of halogens is 1. The van der Waals surface area contributed by atoms with Crippen LogP contribution in [0.1, 0.15) is 26.2 Å². The van der Waals surface area contributed by atoms with Gasteiger partial charge in [-0.25, -0.2) is 0 Å². The normalized spacial score (nSPS) is 10.3. The Labute approximate surface area is 94.6 Å². The van der Waals surface area contributed by atoms with Crippen molar-refractivity contribution in [1.29, 1.82) is 0 Å². The number of amides is 1. The first-order chi connectivity index (χ1) is 7.26. The van der Waals surface area contributed by atoms with Crippen molar-refractivity contribution in [2.24, 2.45) is 0 Å². The number of nitrogens with zero attached hydrogens (tertiary/aromatic N) is 2. The number of rotatable bonds is 6. The van der Waals surface area contributed by atoms with E-state index in [9.17, 15) is 4.79 Å². The Morgan fingerprint density at radius 2 is 2.40 bits per heavy atom. The third-order valence-electron chi connectivity index (χ3n) is 2.03. The molecule has 1 rings (SSSR count). The first-order valence-corrected chi connectivity index (χ1v) is 5.68. The first kappa shape index (κ1) is 12.0. The second kappa shape index (κ2) is 6.45. The van der Waals surface area contributed by atoms with Crippen LogP contribution in [0.2, 0.25) is 0 Å². The number of alkyl halides is 1. The van der Waals surface area contributed by atoms with Crippen LogP contribution in [-0.2, 0) is 11.3 Å². The molecule has 1 aromatic rings. The highest BCUT2D eigenvalue weighted by molar-refractivity contribution is 6.17. The van der Waals surface area contributed by atoms with E-state index in [0.717, 1.165) is 25.1 Å². The summed E-state index contributed by atoms with van der Waals surface area (Å²) >= 11 is 5.52. The van der Waals surface area contributed by atoms with E-state index in [-0.39, 0.29) is 5.91 Å². The highest BCUT2D eigenvalue weighted by Gasteiger charge is 2.03. The Morgan fingerprint density at radius 1 is 1.60 bits per heavy atom. The van der Waals surface area contributed by atoms with E-state index in [1.54, 1.807) is 10.9 Å². The van der Waals surface area contributed by atoms with Gasteiger partial charge in [0.05, 0.1) is 11.9 Å². The molecule has 0 bridgehead atoms. The van der Waals surface area contributed by atoms with Gasteiger partial charge in [-0.15, -0.1) is 11.6 Å². The van der Waals surface area contributed by atoms with Crippen LogP contribution in [0.3, 0.4) is 0 Å². The van der Waals surface area contributed by atoms with Gasteiger partial charge in [0, 0.05) is 25.0 Å². The molecule has 0 atom stereocenters. The fourth-order valence-electron chi connectivity index (χ4n) is 1.20. The van der Waals surface area contributed by atoms with E-state index < -0.39 is 0 Å². The maximum absolute atomic E-state index is 11.4. The summed E-state index contributed by atoms with van der Waals surface area (Å²) in [5.41, 5.74) is 0.757. The number of hydrogen-bond acceptors (Lipinski definition) is 2. The lowest BCUT2D eigenvalue weighted by Gasteiger charge is -2.00. The molecule has 1 aromatic heterocycles. The van der Waals surface area contributed by atoms with Crippen molar-refractivity contribution in [3.63, 3.8) is 0 Å². The molecule has 4 nitrogen and oxygen atoms in total. The third-order valence-corrected chi connectivity index (χ3v) is 2.30. The summed E-state index contributed by atoms with van der Waals surface area (Å²) in [6.07, 6.45) is 5.70. The molecule has 0 aromatic carbocycles. The summed E-state index contributed by atoms with van der Waals surface area (Å²) in [6, 6.07) is 0. The van der Waals surface area contributed by atoms with Crippen molar-refractivity contribution in [3.8, 4) is 0 Å². The second-order valence-electron chi connectivity index (χ2n) is 3.28. The van der Waals surface area contributed by atoms with Crippen molar-refractivity contribution in [2.45, 2.75) is 32.7 Å². The minimum atomic E-state index is 0.0239. The average Bonchev–Trinajstić information content (AvgIpc) is 2.66. The Bertz CT molecular complexity index is 311. The Morgan fingerprint density at radius 3 is 3.00 bits per heavy atom. The van der Waals surface area contributed by atoms with Gasteiger partial charge in [-0.2, -0.15) is 5.10 Å². The first-order valence-electron chi connectivity index (χ1n) is 5.14. The molecule has 0 fully saturated rings. The molecule has 0 aliphatic carbocycles. The van der Waals surface area contributed by atoms with Crippen molar-refractivity contribution in [3.05, 3.63) is 12.4 Å². The van der Waals surface area contributed by atoms with E-state index in [4.69, 9.17) is 11.6 Å². The summed E-state index contributed by atoms with van der Waals surface area (Å²) in [5, 5.41) is 6.86. The number of carbonyl (C=O) groups is 1. The molecule has 5 heteroatoms. The van der Waals surface area contributed by atoms with E-state index in [1.807, 2.05) is 13.1 Å². The van der Waals surface area contributed by atoms with Gasteiger partial charge in [-0.3, -0.25) is 9.48 Å². The number of anilines is 1. The van der Waals surface area contributed by atoms with Gasteiger partial charge in [-0.1, -0.05) is 0 Å². The molecule has 1 N–H and O–H groups in total. The summed E-state index contributed by atoms with van der Waals surface area (Å²) in [7, 11) is 0. The smallest absolute Gasteiger partial charge is 0.224 e. The average molecular weight is 230 g/mol. The van der Waals surface area contributed by atoms with Crippen molar-refractivity contribution < 1.29 is 4.79 Å². The third kappa shape index (κ3) is 4.34. The van der Waals surface area contributed by atoms with Crippen LogP contribution in [0.4, 0.5) is 5.69 Å². The van der Waals surface area contributed by atoms with Gasteiger partial charge < -0.3 is 5.32 Å². The lowest BCUT2D eigenvalue weighted by molar-refractivity contribution is -0.116.